The van der Waals surface area contributed by atoms with Crippen molar-refractivity contribution in [2.24, 2.45) is 0 Å². The fourth-order valence-corrected chi connectivity index (χ4v) is 3.64. The van der Waals surface area contributed by atoms with Gasteiger partial charge in [-0.25, -0.2) is 8.78 Å². The van der Waals surface area contributed by atoms with E-state index in [1.165, 1.54) is 19.2 Å². The summed E-state index contributed by atoms with van der Waals surface area (Å²) in [5.74, 6) is -1.63. The molecule has 1 atom stereocenters. The molecule has 2 aromatic rings. The highest BCUT2D eigenvalue weighted by Gasteiger charge is 2.36. The van der Waals surface area contributed by atoms with Gasteiger partial charge in [0, 0.05) is 39.7 Å². The Morgan fingerprint density at radius 2 is 1.83 bits per heavy atom. The summed E-state index contributed by atoms with van der Waals surface area (Å²) in [5, 5.41) is 0. The molecule has 0 unspecified atom stereocenters. The monoisotopic (exact) mass is 402 g/mol. The van der Waals surface area contributed by atoms with Crippen LogP contribution < -0.4 is 0 Å². The zero-order chi connectivity index (χ0) is 21.0. The average molecular weight is 402 g/mol. The first-order chi connectivity index (χ1) is 13.9. The minimum absolute atomic E-state index is 0.146. The Morgan fingerprint density at radius 1 is 1.14 bits per heavy atom. The van der Waals surface area contributed by atoms with E-state index in [-0.39, 0.29) is 31.3 Å². The maximum Gasteiger partial charge on any atom is 0.245 e. The quantitative estimate of drug-likeness (QED) is 0.747. The van der Waals surface area contributed by atoms with Gasteiger partial charge in [-0.3, -0.25) is 9.59 Å². The Morgan fingerprint density at radius 3 is 2.52 bits per heavy atom. The lowest BCUT2D eigenvalue weighted by molar-refractivity contribution is -0.150. The van der Waals surface area contributed by atoms with E-state index >= 15 is 0 Å². The molecule has 0 radical (unpaired) electrons. The van der Waals surface area contributed by atoms with Crippen molar-refractivity contribution >= 4 is 11.8 Å². The van der Waals surface area contributed by atoms with E-state index in [0.717, 1.165) is 11.6 Å². The van der Waals surface area contributed by atoms with Crippen LogP contribution in [-0.2, 0) is 20.7 Å². The van der Waals surface area contributed by atoms with Gasteiger partial charge in [-0.2, -0.15) is 0 Å². The summed E-state index contributed by atoms with van der Waals surface area (Å²) in [4.78, 5) is 28.7. The highest BCUT2D eigenvalue weighted by atomic mass is 19.1. The van der Waals surface area contributed by atoms with Crippen LogP contribution in [0.2, 0.25) is 0 Å². The van der Waals surface area contributed by atoms with Crippen molar-refractivity contribution in [1.82, 2.24) is 9.80 Å². The number of hydrogen-bond acceptors (Lipinski definition) is 3. The number of methoxy groups -OCH3 is 1. The van der Waals surface area contributed by atoms with Crippen LogP contribution in [0, 0.1) is 11.6 Å². The standard InChI is InChI=1S/C22H24F2N2O3/c1-25-8-9-26(21(27)7-10-29-2)20(22(25)28)13-15-5-3-4-6-19(15)16-11-17(23)14-18(24)12-16/h3-6,11-12,14,20H,7-10,13H2,1-2H3/t20-/m0/s1. The molecular weight excluding hydrogens is 378 g/mol. The summed E-state index contributed by atoms with van der Waals surface area (Å²) in [6.07, 6.45) is 0.455. The zero-order valence-corrected chi connectivity index (χ0v) is 16.5. The molecule has 7 heteroatoms. The number of halogens is 2. The number of ether oxygens (including phenoxy) is 1. The second kappa shape index (κ2) is 9.13. The van der Waals surface area contributed by atoms with Crippen LogP contribution in [0.25, 0.3) is 11.1 Å². The third-order valence-corrected chi connectivity index (χ3v) is 5.16. The number of nitrogens with zero attached hydrogens (tertiary/aromatic N) is 2. The van der Waals surface area contributed by atoms with Crippen molar-refractivity contribution < 1.29 is 23.1 Å². The van der Waals surface area contributed by atoms with Gasteiger partial charge in [0.05, 0.1) is 13.0 Å². The van der Waals surface area contributed by atoms with Crippen molar-refractivity contribution in [3.63, 3.8) is 0 Å². The molecular formula is C22H24F2N2O3. The lowest BCUT2D eigenvalue weighted by atomic mass is 9.93. The minimum Gasteiger partial charge on any atom is -0.384 e. The molecule has 5 nitrogen and oxygen atoms in total. The number of benzene rings is 2. The molecule has 0 spiro atoms. The van der Waals surface area contributed by atoms with Gasteiger partial charge in [-0.15, -0.1) is 0 Å². The summed E-state index contributed by atoms with van der Waals surface area (Å²) < 4.78 is 32.5. The lowest BCUT2D eigenvalue weighted by Gasteiger charge is -2.39. The molecule has 0 aliphatic carbocycles. The number of amides is 2. The first kappa shape index (κ1) is 20.9. The summed E-state index contributed by atoms with van der Waals surface area (Å²) in [6.45, 7) is 1.18. The molecule has 2 aromatic carbocycles. The molecule has 1 saturated heterocycles. The molecule has 0 saturated carbocycles. The van der Waals surface area contributed by atoms with Gasteiger partial charge in [0.25, 0.3) is 0 Å². The van der Waals surface area contributed by atoms with Crippen LogP contribution in [0.15, 0.2) is 42.5 Å². The Hall–Kier alpha value is -2.80. The largest absolute Gasteiger partial charge is 0.384 e. The number of rotatable bonds is 6. The molecule has 1 heterocycles. The Kier molecular flexibility index (Phi) is 6.59. The van der Waals surface area contributed by atoms with Crippen molar-refractivity contribution in [1.29, 1.82) is 0 Å². The molecule has 3 rings (SSSR count). The van der Waals surface area contributed by atoms with Crippen LogP contribution in [0.5, 0.6) is 0 Å². The zero-order valence-electron chi connectivity index (χ0n) is 16.5. The lowest BCUT2D eigenvalue weighted by Crippen LogP contribution is -2.58. The fourth-order valence-electron chi connectivity index (χ4n) is 3.64. The van der Waals surface area contributed by atoms with E-state index in [0.29, 0.717) is 24.2 Å². The number of hydrogen-bond donors (Lipinski definition) is 0. The first-order valence-corrected chi connectivity index (χ1v) is 9.48. The van der Waals surface area contributed by atoms with Gasteiger partial charge in [0.2, 0.25) is 11.8 Å². The van der Waals surface area contributed by atoms with Crippen molar-refractivity contribution in [3.05, 3.63) is 59.7 Å². The molecule has 2 amide bonds. The summed E-state index contributed by atoms with van der Waals surface area (Å²) in [5.41, 5.74) is 1.78. The van der Waals surface area contributed by atoms with Crippen LogP contribution >= 0.6 is 0 Å². The maximum absolute atomic E-state index is 13.7. The highest BCUT2D eigenvalue weighted by Crippen LogP contribution is 2.28. The van der Waals surface area contributed by atoms with Gasteiger partial charge < -0.3 is 14.5 Å². The van der Waals surface area contributed by atoms with Gasteiger partial charge in [0.15, 0.2) is 0 Å². The molecule has 0 aromatic heterocycles. The van der Waals surface area contributed by atoms with Crippen LogP contribution in [0.4, 0.5) is 8.78 Å². The van der Waals surface area contributed by atoms with Crippen molar-refractivity contribution in [3.8, 4) is 11.1 Å². The normalized spacial score (nSPS) is 17.0. The Balaban J connectivity index is 1.94. The number of carbonyl (C=O) groups is 2. The molecule has 154 valence electrons. The predicted octanol–water partition coefficient (Wildman–Crippen LogP) is 2.88. The van der Waals surface area contributed by atoms with Crippen LogP contribution in [0.1, 0.15) is 12.0 Å². The molecule has 0 N–H and O–H groups in total. The van der Waals surface area contributed by atoms with E-state index in [2.05, 4.69) is 0 Å². The van der Waals surface area contributed by atoms with Crippen LogP contribution in [-0.4, -0.2) is 61.5 Å². The number of likely N-dealkylation sites (N-methyl/N-ethyl adjacent to an activating group) is 1. The third-order valence-electron chi connectivity index (χ3n) is 5.16. The van der Waals surface area contributed by atoms with E-state index in [9.17, 15) is 18.4 Å². The second-order valence-electron chi connectivity index (χ2n) is 7.12. The second-order valence-corrected chi connectivity index (χ2v) is 7.12. The number of carbonyl (C=O) groups excluding carboxylic acids is 2. The molecule has 1 aliphatic heterocycles. The topological polar surface area (TPSA) is 49.9 Å². The van der Waals surface area contributed by atoms with E-state index in [1.807, 2.05) is 12.1 Å². The number of piperazine rings is 1. The van der Waals surface area contributed by atoms with E-state index in [4.69, 9.17) is 4.74 Å². The molecule has 0 bridgehead atoms. The predicted molar refractivity (Wildman–Crippen MR) is 105 cm³/mol. The van der Waals surface area contributed by atoms with Crippen LogP contribution in [0.3, 0.4) is 0 Å². The van der Waals surface area contributed by atoms with Crippen molar-refractivity contribution in [2.75, 3.05) is 33.9 Å². The highest BCUT2D eigenvalue weighted by molar-refractivity contribution is 5.89. The van der Waals surface area contributed by atoms with Gasteiger partial charge >= 0.3 is 0 Å². The summed E-state index contributed by atoms with van der Waals surface area (Å²) >= 11 is 0. The van der Waals surface area contributed by atoms with Crippen molar-refractivity contribution in [2.45, 2.75) is 18.9 Å². The van der Waals surface area contributed by atoms with Gasteiger partial charge in [-0.05, 0) is 28.8 Å². The minimum atomic E-state index is -0.669. The third kappa shape index (κ3) is 4.79. The van der Waals surface area contributed by atoms with E-state index < -0.39 is 17.7 Å². The fraction of sp³-hybridized carbons (Fsp3) is 0.364. The molecule has 29 heavy (non-hydrogen) atoms. The molecule has 1 fully saturated rings. The molecule has 1 aliphatic rings. The SMILES string of the molecule is COCCC(=O)N1CCN(C)C(=O)[C@@H]1Cc1ccccc1-c1cc(F)cc(F)c1. The maximum atomic E-state index is 13.7. The van der Waals surface area contributed by atoms with Gasteiger partial charge in [0.1, 0.15) is 17.7 Å². The summed E-state index contributed by atoms with van der Waals surface area (Å²) in [7, 11) is 3.23. The first-order valence-electron chi connectivity index (χ1n) is 9.48. The van der Waals surface area contributed by atoms with E-state index in [1.54, 1.807) is 29.0 Å². The Bertz CT molecular complexity index is 883. The van der Waals surface area contributed by atoms with Gasteiger partial charge in [-0.1, -0.05) is 24.3 Å². The Labute approximate surface area is 168 Å². The summed E-state index contributed by atoms with van der Waals surface area (Å²) in [6, 6.07) is 9.84. The smallest absolute Gasteiger partial charge is 0.245 e. The average Bonchev–Trinajstić information content (AvgIpc) is 2.69.